The lowest BCUT2D eigenvalue weighted by Gasteiger charge is -2.11. The van der Waals surface area contributed by atoms with Crippen LogP contribution in [-0.2, 0) is 6.42 Å². The van der Waals surface area contributed by atoms with Gasteiger partial charge in [-0.2, -0.15) is 0 Å². The molecular weight excluding hydrogens is 190 g/mol. The number of hydrogen-bond acceptors (Lipinski definition) is 2. The first-order valence-corrected chi connectivity index (χ1v) is 6.05. The Morgan fingerprint density at radius 1 is 1.50 bits per heavy atom. The van der Waals surface area contributed by atoms with E-state index in [2.05, 4.69) is 37.4 Å². The zero-order valence-electron chi connectivity index (χ0n) is 9.00. The second-order valence-electron chi connectivity index (χ2n) is 4.01. The highest BCUT2D eigenvalue weighted by Crippen LogP contribution is 2.37. The molecule has 0 fully saturated rings. The van der Waals surface area contributed by atoms with Crippen molar-refractivity contribution in [1.29, 1.82) is 0 Å². The standard InChI is InChI=1S/C12H17NS/c1-8-6-11-5-4-10(9(2)13-3)7-12(11)14-8/h4-5,7-9,13H,6H2,1-3H3. The van der Waals surface area contributed by atoms with E-state index in [4.69, 9.17) is 0 Å². The fourth-order valence-corrected chi connectivity index (χ4v) is 3.06. The fourth-order valence-electron chi connectivity index (χ4n) is 1.85. The first-order valence-electron chi connectivity index (χ1n) is 5.17. The predicted octanol–water partition coefficient (Wildman–Crippen LogP) is 3.00. The normalized spacial score (nSPS) is 22.1. The zero-order valence-corrected chi connectivity index (χ0v) is 9.82. The van der Waals surface area contributed by atoms with Crippen LogP contribution in [0.25, 0.3) is 0 Å². The highest BCUT2D eigenvalue weighted by atomic mass is 32.2. The molecule has 0 radical (unpaired) electrons. The summed E-state index contributed by atoms with van der Waals surface area (Å²) in [4.78, 5) is 1.48. The van der Waals surface area contributed by atoms with Crippen LogP contribution >= 0.6 is 11.8 Å². The van der Waals surface area contributed by atoms with Crippen LogP contribution in [0.15, 0.2) is 23.1 Å². The summed E-state index contributed by atoms with van der Waals surface area (Å²) in [5.41, 5.74) is 2.92. The van der Waals surface area contributed by atoms with Gasteiger partial charge in [0.05, 0.1) is 0 Å². The van der Waals surface area contributed by atoms with Crippen LogP contribution in [0.4, 0.5) is 0 Å². The zero-order chi connectivity index (χ0) is 10.1. The van der Waals surface area contributed by atoms with E-state index in [1.54, 1.807) is 0 Å². The fraction of sp³-hybridized carbons (Fsp3) is 0.500. The second kappa shape index (κ2) is 3.95. The molecule has 76 valence electrons. The quantitative estimate of drug-likeness (QED) is 0.800. The third-order valence-corrected chi connectivity index (χ3v) is 4.06. The van der Waals surface area contributed by atoms with Gasteiger partial charge in [0, 0.05) is 16.2 Å². The summed E-state index contributed by atoms with van der Waals surface area (Å²) in [6, 6.07) is 7.33. The van der Waals surface area contributed by atoms with Crippen molar-refractivity contribution < 1.29 is 0 Å². The summed E-state index contributed by atoms with van der Waals surface area (Å²) in [6.07, 6.45) is 1.23. The molecule has 1 aliphatic heterocycles. The van der Waals surface area contributed by atoms with E-state index in [1.165, 1.54) is 22.4 Å². The smallest absolute Gasteiger partial charge is 0.0289 e. The van der Waals surface area contributed by atoms with Gasteiger partial charge in [-0.25, -0.2) is 0 Å². The Labute approximate surface area is 90.3 Å². The maximum Gasteiger partial charge on any atom is 0.0289 e. The molecular formula is C12H17NS. The molecule has 1 nitrogen and oxygen atoms in total. The van der Waals surface area contributed by atoms with Crippen LogP contribution < -0.4 is 5.32 Å². The molecule has 1 aliphatic rings. The van der Waals surface area contributed by atoms with E-state index in [-0.39, 0.29) is 0 Å². The molecule has 0 saturated carbocycles. The highest BCUT2D eigenvalue weighted by molar-refractivity contribution is 8.00. The number of hydrogen-bond donors (Lipinski definition) is 1. The van der Waals surface area contributed by atoms with Crippen LogP contribution in [0.2, 0.25) is 0 Å². The van der Waals surface area contributed by atoms with Crippen molar-refractivity contribution in [2.24, 2.45) is 0 Å². The molecule has 0 bridgehead atoms. The van der Waals surface area contributed by atoms with Gasteiger partial charge in [0.15, 0.2) is 0 Å². The first kappa shape index (κ1) is 10.1. The van der Waals surface area contributed by atoms with Crippen molar-refractivity contribution in [2.45, 2.75) is 36.5 Å². The van der Waals surface area contributed by atoms with Crippen molar-refractivity contribution in [3.63, 3.8) is 0 Å². The van der Waals surface area contributed by atoms with Crippen molar-refractivity contribution in [2.75, 3.05) is 7.05 Å². The Bertz CT molecular complexity index is 335. The largest absolute Gasteiger partial charge is 0.313 e. The summed E-state index contributed by atoms with van der Waals surface area (Å²) >= 11 is 2.01. The van der Waals surface area contributed by atoms with Gasteiger partial charge >= 0.3 is 0 Å². The highest BCUT2D eigenvalue weighted by Gasteiger charge is 2.19. The van der Waals surface area contributed by atoms with Crippen molar-refractivity contribution in [1.82, 2.24) is 5.32 Å². The van der Waals surface area contributed by atoms with Gasteiger partial charge in [-0.3, -0.25) is 0 Å². The van der Waals surface area contributed by atoms with Crippen LogP contribution in [0, 0.1) is 0 Å². The second-order valence-corrected chi connectivity index (χ2v) is 5.49. The molecule has 1 heterocycles. The molecule has 1 N–H and O–H groups in total. The topological polar surface area (TPSA) is 12.0 Å². The first-order chi connectivity index (χ1) is 6.70. The summed E-state index contributed by atoms with van der Waals surface area (Å²) in [5, 5.41) is 4.03. The average Bonchev–Trinajstić information content (AvgIpc) is 2.55. The van der Waals surface area contributed by atoms with Crippen molar-refractivity contribution >= 4 is 11.8 Å². The third-order valence-electron chi connectivity index (χ3n) is 2.86. The Kier molecular flexibility index (Phi) is 2.84. The summed E-state index contributed by atoms with van der Waals surface area (Å²) in [5.74, 6) is 0. The predicted molar refractivity (Wildman–Crippen MR) is 62.9 cm³/mol. The average molecular weight is 207 g/mol. The van der Waals surface area contributed by atoms with Crippen LogP contribution in [0.1, 0.15) is 31.0 Å². The monoisotopic (exact) mass is 207 g/mol. The van der Waals surface area contributed by atoms with Gasteiger partial charge in [-0.1, -0.05) is 19.1 Å². The van der Waals surface area contributed by atoms with Gasteiger partial charge in [0.1, 0.15) is 0 Å². The molecule has 0 saturated heterocycles. The summed E-state index contributed by atoms with van der Waals surface area (Å²) < 4.78 is 0. The number of thioether (sulfide) groups is 1. The lowest BCUT2D eigenvalue weighted by atomic mass is 10.0. The molecule has 0 spiro atoms. The minimum Gasteiger partial charge on any atom is -0.313 e. The summed E-state index contributed by atoms with van der Waals surface area (Å²) in [6.45, 7) is 4.50. The molecule has 1 aromatic carbocycles. The van der Waals surface area contributed by atoms with Crippen LogP contribution in [0.3, 0.4) is 0 Å². The Morgan fingerprint density at radius 3 is 3.00 bits per heavy atom. The van der Waals surface area contributed by atoms with E-state index < -0.39 is 0 Å². The molecule has 0 amide bonds. The van der Waals surface area contributed by atoms with Gasteiger partial charge in [-0.05, 0) is 37.6 Å². The van der Waals surface area contributed by atoms with Crippen molar-refractivity contribution in [3.8, 4) is 0 Å². The van der Waals surface area contributed by atoms with Crippen LogP contribution in [-0.4, -0.2) is 12.3 Å². The summed E-state index contributed by atoms with van der Waals surface area (Å²) in [7, 11) is 2.01. The maximum absolute atomic E-state index is 3.27. The minimum absolute atomic E-state index is 0.455. The minimum atomic E-state index is 0.455. The van der Waals surface area contributed by atoms with E-state index >= 15 is 0 Å². The van der Waals surface area contributed by atoms with E-state index in [0.29, 0.717) is 6.04 Å². The van der Waals surface area contributed by atoms with Crippen LogP contribution in [0.5, 0.6) is 0 Å². The van der Waals surface area contributed by atoms with E-state index in [9.17, 15) is 0 Å². The molecule has 0 aromatic heterocycles. The number of benzene rings is 1. The Hall–Kier alpha value is -0.470. The molecule has 2 unspecified atom stereocenters. The maximum atomic E-state index is 3.27. The molecule has 0 aliphatic carbocycles. The molecule has 2 atom stereocenters. The molecule has 14 heavy (non-hydrogen) atoms. The number of nitrogens with one attached hydrogen (secondary N) is 1. The SMILES string of the molecule is CNC(C)c1ccc2c(c1)SC(C)C2. The lowest BCUT2D eigenvalue weighted by molar-refractivity contribution is 0.650. The van der Waals surface area contributed by atoms with Gasteiger partial charge < -0.3 is 5.32 Å². The van der Waals surface area contributed by atoms with Gasteiger partial charge in [-0.15, -0.1) is 11.8 Å². The van der Waals surface area contributed by atoms with E-state index in [1.807, 2.05) is 18.8 Å². The molecule has 2 rings (SSSR count). The molecule has 1 aromatic rings. The Balaban J connectivity index is 2.28. The lowest BCUT2D eigenvalue weighted by Crippen LogP contribution is -2.12. The number of rotatable bonds is 2. The molecule has 2 heteroatoms. The van der Waals surface area contributed by atoms with Crippen molar-refractivity contribution in [3.05, 3.63) is 29.3 Å². The number of fused-ring (bicyclic) bond motifs is 1. The third kappa shape index (κ3) is 1.82. The van der Waals surface area contributed by atoms with Gasteiger partial charge in [0.2, 0.25) is 0 Å². The van der Waals surface area contributed by atoms with Gasteiger partial charge in [0.25, 0.3) is 0 Å². The Morgan fingerprint density at radius 2 is 2.29 bits per heavy atom. The van der Waals surface area contributed by atoms with E-state index in [0.717, 1.165) is 5.25 Å².